The van der Waals surface area contributed by atoms with Crippen LogP contribution in [-0.4, -0.2) is 51.9 Å². The zero-order valence-electron chi connectivity index (χ0n) is 18.8. The topological polar surface area (TPSA) is 141 Å². The molecule has 0 saturated carbocycles. The number of hydrogen-bond acceptors (Lipinski definition) is 9. The molecule has 12 nitrogen and oxygen atoms in total. The fraction of sp³-hybridized carbons (Fsp3) is 0.286. The molecular weight excluding hydrogens is 426 g/mol. The zero-order valence-corrected chi connectivity index (χ0v) is 18.8. The van der Waals surface area contributed by atoms with Gasteiger partial charge >= 0.3 is 6.09 Å². The molecule has 4 aromatic heterocycles. The Kier molecular flexibility index (Phi) is 5.50. The number of fused-ring (bicyclic) bond motifs is 1. The van der Waals surface area contributed by atoms with Gasteiger partial charge in [0.25, 0.3) is 0 Å². The summed E-state index contributed by atoms with van der Waals surface area (Å²) in [5.41, 5.74) is 0.952. The summed E-state index contributed by atoms with van der Waals surface area (Å²) in [5.74, 6) is 1.35. The van der Waals surface area contributed by atoms with Crippen molar-refractivity contribution < 1.29 is 14.3 Å². The normalized spacial score (nSPS) is 11.4. The predicted molar refractivity (Wildman–Crippen MR) is 120 cm³/mol. The monoisotopic (exact) mass is 449 g/mol. The number of hydrogen-bond donors (Lipinski definition) is 2. The Bertz CT molecular complexity index is 1350. The second-order valence-corrected chi connectivity index (χ2v) is 8.22. The number of amides is 1. The molecule has 170 valence electrons. The maximum Gasteiger partial charge on any atom is 0.435 e. The average Bonchev–Trinajstić information content (AvgIpc) is 3.30. The van der Waals surface area contributed by atoms with Gasteiger partial charge in [0.15, 0.2) is 17.3 Å². The van der Waals surface area contributed by atoms with E-state index < -0.39 is 11.7 Å². The van der Waals surface area contributed by atoms with Crippen molar-refractivity contribution in [3.8, 4) is 11.4 Å². The van der Waals surface area contributed by atoms with Crippen LogP contribution in [0.2, 0.25) is 0 Å². The van der Waals surface area contributed by atoms with Crippen LogP contribution < -0.4 is 10.6 Å². The summed E-state index contributed by atoms with van der Waals surface area (Å²) < 4.78 is 8.06. The lowest BCUT2D eigenvalue weighted by Gasteiger charge is -2.18. The fourth-order valence-electron chi connectivity index (χ4n) is 3.06. The minimum atomic E-state index is -0.645. The maximum atomic E-state index is 12.3. The van der Waals surface area contributed by atoms with Crippen LogP contribution >= 0.6 is 0 Å². The molecular formula is C21H23N9O3. The van der Waals surface area contributed by atoms with Gasteiger partial charge in [0.1, 0.15) is 22.9 Å². The van der Waals surface area contributed by atoms with Crippen LogP contribution in [0.3, 0.4) is 0 Å². The van der Waals surface area contributed by atoms with Crippen LogP contribution in [0.15, 0.2) is 36.7 Å². The van der Waals surface area contributed by atoms with E-state index in [2.05, 4.69) is 35.8 Å². The SMILES string of the molecule is CC(=O)Nc1cc(-c2c(Nc3ccn(C(=O)OC(C)(C)C)n3)nc3cccnn23)nc(C)n1. The van der Waals surface area contributed by atoms with E-state index in [0.29, 0.717) is 40.3 Å². The Morgan fingerprint density at radius 2 is 1.88 bits per heavy atom. The minimum Gasteiger partial charge on any atom is -0.442 e. The van der Waals surface area contributed by atoms with Gasteiger partial charge in [-0.15, -0.1) is 5.10 Å². The third-order valence-corrected chi connectivity index (χ3v) is 4.19. The predicted octanol–water partition coefficient (Wildman–Crippen LogP) is 3.18. The van der Waals surface area contributed by atoms with Gasteiger partial charge in [-0.1, -0.05) is 0 Å². The number of nitrogens with zero attached hydrogens (tertiary/aromatic N) is 7. The quantitative estimate of drug-likeness (QED) is 0.480. The van der Waals surface area contributed by atoms with E-state index in [1.165, 1.54) is 13.1 Å². The molecule has 0 aliphatic heterocycles. The van der Waals surface area contributed by atoms with Gasteiger partial charge in [-0.2, -0.15) is 9.78 Å². The van der Waals surface area contributed by atoms with Gasteiger partial charge in [0.05, 0.1) is 5.69 Å². The number of ether oxygens (including phenoxy) is 1. The van der Waals surface area contributed by atoms with Crippen molar-refractivity contribution in [2.24, 2.45) is 0 Å². The van der Waals surface area contributed by atoms with Crippen molar-refractivity contribution in [3.05, 3.63) is 42.5 Å². The Morgan fingerprint density at radius 3 is 2.61 bits per heavy atom. The van der Waals surface area contributed by atoms with Gasteiger partial charge in [0.2, 0.25) is 5.91 Å². The number of aryl methyl sites for hydroxylation is 1. The molecule has 0 bridgehead atoms. The number of rotatable bonds is 4. The number of imidazole rings is 1. The molecule has 0 spiro atoms. The lowest BCUT2D eigenvalue weighted by Crippen LogP contribution is -2.27. The summed E-state index contributed by atoms with van der Waals surface area (Å²) in [6, 6.07) is 6.82. The molecule has 2 N–H and O–H groups in total. The standard InChI is InChI=1S/C21H23N9O3/c1-12-23-14(11-16(24-12)25-13(2)31)18-19(27-17-7-6-9-22-30(17)18)26-15-8-10-29(28-15)20(32)33-21(3,4)5/h6-11H,1-5H3,(H,26,28)(H,23,24,25,31). The van der Waals surface area contributed by atoms with E-state index in [9.17, 15) is 9.59 Å². The average molecular weight is 449 g/mol. The molecule has 4 rings (SSSR count). The van der Waals surface area contributed by atoms with Gasteiger partial charge < -0.3 is 15.4 Å². The van der Waals surface area contributed by atoms with E-state index in [-0.39, 0.29) is 5.91 Å². The second kappa shape index (κ2) is 8.30. The first-order valence-electron chi connectivity index (χ1n) is 10.1. The third kappa shape index (κ3) is 4.95. The Labute approximate surface area is 189 Å². The summed E-state index contributed by atoms with van der Waals surface area (Å²) in [5, 5.41) is 14.4. The van der Waals surface area contributed by atoms with Crippen molar-refractivity contribution in [3.63, 3.8) is 0 Å². The highest BCUT2D eigenvalue weighted by atomic mass is 16.6. The van der Waals surface area contributed by atoms with E-state index in [0.717, 1.165) is 4.68 Å². The number of nitrogens with one attached hydrogen (secondary N) is 2. The summed E-state index contributed by atoms with van der Waals surface area (Å²) in [7, 11) is 0. The Morgan fingerprint density at radius 1 is 1.09 bits per heavy atom. The van der Waals surface area contributed by atoms with Crippen LogP contribution in [-0.2, 0) is 9.53 Å². The Balaban J connectivity index is 1.74. The van der Waals surface area contributed by atoms with Crippen LogP contribution in [0, 0.1) is 6.92 Å². The molecule has 4 aromatic rings. The maximum absolute atomic E-state index is 12.3. The van der Waals surface area contributed by atoms with Crippen molar-refractivity contribution in [1.82, 2.24) is 34.3 Å². The summed E-state index contributed by atoms with van der Waals surface area (Å²) in [4.78, 5) is 37.2. The molecule has 0 saturated heterocycles. The Hall–Kier alpha value is -4.35. The number of anilines is 3. The third-order valence-electron chi connectivity index (χ3n) is 4.19. The zero-order chi connectivity index (χ0) is 23.8. The van der Waals surface area contributed by atoms with Crippen LogP contribution in [0.25, 0.3) is 17.0 Å². The van der Waals surface area contributed by atoms with Crippen molar-refractivity contribution >= 4 is 35.1 Å². The first kappa shape index (κ1) is 21.9. The molecule has 0 atom stereocenters. The molecule has 4 heterocycles. The van der Waals surface area contributed by atoms with Crippen molar-refractivity contribution in [2.75, 3.05) is 10.6 Å². The van der Waals surface area contributed by atoms with Crippen LogP contribution in [0.4, 0.5) is 22.2 Å². The molecule has 0 aromatic carbocycles. The van der Waals surface area contributed by atoms with Crippen LogP contribution in [0.5, 0.6) is 0 Å². The molecule has 1 amide bonds. The van der Waals surface area contributed by atoms with E-state index in [1.807, 2.05) is 0 Å². The second-order valence-electron chi connectivity index (χ2n) is 8.22. The lowest BCUT2D eigenvalue weighted by molar-refractivity contribution is -0.114. The van der Waals surface area contributed by atoms with Gasteiger partial charge in [0, 0.05) is 31.5 Å². The molecule has 0 radical (unpaired) electrons. The highest BCUT2D eigenvalue weighted by molar-refractivity contribution is 5.88. The van der Waals surface area contributed by atoms with Crippen molar-refractivity contribution in [1.29, 1.82) is 0 Å². The molecule has 33 heavy (non-hydrogen) atoms. The first-order chi connectivity index (χ1) is 15.6. The molecule has 0 aliphatic carbocycles. The largest absolute Gasteiger partial charge is 0.442 e. The highest BCUT2D eigenvalue weighted by Gasteiger charge is 2.21. The molecule has 0 fully saturated rings. The van der Waals surface area contributed by atoms with Gasteiger partial charge in [-0.05, 0) is 39.8 Å². The summed E-state index contributed by atoms with van der Waals surface area (Å²) in [6.45, 7) is 8.47. The lowest BCUT2D eigenvalue weighted by atomic mass is 10.2. The van der Waals surface area contributed by atoms with Gasteiger partial charge in [-0.25, -0.2) is 24.3 Å². The van der Waals surface area contributed by atoms with Crippen molar-refractivity contribution in [2.45, 2.75) is 40.2 Å². The number of carbonyl (C=O) groups is 2. The van der Waals surface area contributed by atoms with E-state index >= 15 is 0 Å². The smallest absolute Gasteiger partial charge is 0.435 e. The minimum absolute atomic E-state index is 0.249. The molecule has 0 aliphatic rings. The van der Waals surface area contributed by atoms with E-state index in [4.69, 9.17) is 4.74 Å². The number of carbonyl (C=O) groups excluding carboxylic acids is 2. The molecule has 0 unspecified atom stereocenters. The molecule has 12 heteroatoms. The van der Waals surface area contributed by atoms with Gasteiger partial charge in [-0.3, -0.25) is 4.79 Å². The highest BCUT2D eigenvalue weighted by Crippen LogP contribution is 2.30. The summed E-state index contributed by atoms with van der Waals surface area (Å²) in [6.07, 6.45) is 2.52. The first-order valence-corrected chi connectivity index (χ1v) is 10.1. The van der Waals surface area contributed by atoms with Crippen LogP contribution in [0.1, 0.15) is 33.5 Å². The fourth-order valence-corrected chi connectivity index (χ4v) is 3.06. The van der Waals surface area contributed by atoms with E-state index in [1.54, 1.807) is 62.7 Å². The number of aromatic nitrogens is 7. The summed E-state index contributed by atoms with van der Waals surface area (Å²) >= 11 is 0.